The van der Waals surface area contributed by atoms with Crippen LogP contribution in [0.15, 0.2) is 64.5 Å². The molecule has 0 atom stereocenters. The Labute approximate surface area is 197 Å². The van der Waals surface area contributed by atoms with Crippen molar-refractivity contribution in [3.8, 4) is 22.8 Å². The molecular weight excluding hydrogens is 432 g/mol. The third-order valence-corrected chi connectivity index (χ3v) is 6.91. The highest BCUT2D eigenvalue weighted by atomic mass is 32.1. The van der Waals surface area contributed by atoms with E-state index in [1.165, 1.54) is 5.56 Å². The summed E-state index contributed by atoms with van der Waals surface area (Å²) < 4.78 is 6.08. The van der Waals surface area contributed by atoms with E-state index in [0.29, 0.717) is 30.3 Å². The molecule has 1 aliphatic heterocycles. The van der Waals surface area contributed by atoms with Crippen molar-refractivity contribution in [1.29, 1.82) is 0 Å². The lowest BCUT2D eigenvalue weighted by molar-refractivity contribution is 0.0767. The van der Waals surface area contributed by atoms with Gasteiger partial charge in [-0.15, -0.1) is 11.3 Å². The minimum atomic E-state index is 0.0119. The summed E-state index contributed by atoms with van der Waals surface area (Å²) >= 11 is 1.66. The first-order valence-corrected chi connectivity index (χ1v) is 12.0. The maximum absolute atomic E-state index is 13.5. The molecule has 5 rings (SSSR count). The number of hydrogen-bond donors (Lipinski definition) is 0. The number of aryl methyl sites for hydroxylation is 2. The van der Waals surface area contributed by atoms with E-state index in [1.54, 1.807) is 17.5 Å². The number of carbonyl (C=O) groups is 1. The molecule has 4 aromatic rings. The van der Waals surface area contributed by atoms with Gasteiger partial charge in [-0.05, 0) is 32.4 Å². The summed E-state index contributed by atoms with van der Waals surface area (Å²) in [4.78, 5) is 26.8. The fourth-order valence-corrected chi connectivity index (χ4v) is 4.93. The van der Waals surface area contributed by atoms with Gasteiger partial charge in [-0.25, -0.2) is 9.97 Å². The lowest BCUT2D eigenvalue weighted by Crippen LogP contribution is -2.35. The summed E-state index contributed by atoms with van der Waals surface area (Å²) in [6.07, 6.45) is 2.63. The zero-order valence-corrected chi connectivity index (χ0v) is 19.6. The number of oxazole rings is 1. The second-order valence-electron chi connectivity index (χ2n) is 8.35. The van der Waals surface area contributed by atoms with E-state index in [1.807, 2.05) is 60.4 Å². The van der Waals surface area contributed by atoms with Gasteiger partial charge in [0.25, 0.3) is 5.91 Å². The van der Waals surface area contributed by atoms with E-state index in [9.17, 15) is 4.79 Å². The van der Waals surface area contributed by atoms with Crippen LogP contribution in [0.25, 0.3) is 22.8 Å². The van der Waals surface area contributed by atoms with Gasteiger partial charge in [0.1, 0.15) is 0 Å². The van der Waals surface area contributed by atoms with Crippen molar-refractivity contribution < 1.29 is 9.21 Å². The third-order valence-electron chi connectivity index (χ3n) is 5.89. The number of anilines is 1. The van der Waals surface area contributed by atoms with Crippen LogP contribution in [0.5, 0.6) is 0 Å². The number of carbonyl (C=O) groups excluding carboxylic acids is 1. The lowest BCUT2D eigenvalue weighted by Gasteiger charge is -2.22. The van der Waals surface area contributed by atoms with Crippen molar-refractivity contribution in [2.24, 2.45) is 0 Å². The number of aromatic nitrogens is 2. The molecule has 0 aliphatic carbocycles. The van der Waals surface area contributed by atoms with Crippen molar-refractivity contribution in [2.45, 2.75) is 20.3 Å². The Morgan fingerprint density at radius 1 is 1.00 bits per heavy atom. The van der Waals surface area contributed by atoms with Crippen molar-refractivity contribution in [3.05, 3.63) is 76.9 Å². The maximum Gasteiger partial charge on any atom is 0.254 e. The third kappa shape index (κ3) is 4.54. The van der Waals surface area contributed by atoms with Crippen molar-refractivity contribution >= 4 is 22.4 Å². The minimum Gasteiger partial charge on any atom is -0.436 e. The molecule has 168 valence electrons. The first-order chi connectivity index (χ1) is 16.1. The Morgan fingerprint density at radius 3 is 2.61 bits per heavy atom. The standard InChI is InChI=1S/C26H26N4O2S/c1-18-8-10-20(11-9-18)23-16-27-24(32-23)21-6-3-4-7-22(21)25(31)29-12-5-13-30(15-14-29)26-28-19(2)17-33-26/h3-4,6-11,16-17H,5,12-15H2,1-2H3. The zero-order valence-electron chi connectivity index (χ0n) is 18.8. The topological polar surface area (TPSA) is 62.5 Å². The van der Waals surface area contributed by atoms with Gasteiger partial charge in [0.15, 0.2) is 10.9 Å². The van der Waals surface area contributed by atoms with E-state index in [0.717, 1.165) is 41.5 Å². The number of rotatable bonds is 4. The summed E-state index contributed by atoms with van der Waals surface area (Å²) in [7, 11) is 0. The van der Waals surface area contributed by atoms with Gasteiger partial charge in [-0.3, -0.25) is 4.79 Å². The van der Waals surface area contributed by atoms with E-state index in [4.69, 9.17) is 4.42 Å². The van der Waals surface area contributed by atoms with Gasteiger partial charge in [-0.2, -0.15) is 0 Å². The molecule has 0 N–H and O–H groups in total. The monoisotopic (exact) mass is 458 g/mol. The van der Waals surface area contributed by atoms with Gasteiger partial charge in [0.2, 0.25) is 5.89 Å². The van der Waals surface area contributed by atoms with Crippen LogP contribution in [-0.4, -0.2) is 47.0 Å². The number of hydrogen-bond acceptors (Lipinski definition) is 6. The molecule has 1 aliphatic rings. The fraction of sp³-hybridized carbons (Fsp3) is 0.269. The van der Waals surface area contributed by atoms with Gasteiger partial charge in [-0.1, -0.05) is 42.0 Å². The Kier molecular flexibility index (Phi) is 5.96. The summed E-state index contributed by atoms with van der Waals surface area (Å²) in [5, 5.41) is 3.10. The molecule has 0 saturated carbocycles. The summed E-state index contributed by atoms with van der Waals surface area (Å²) in [6.45, 7) is 7.12. The molecule has 2 aromatic heterocycles. The van der Waals surface area contributed by atoms with Crippen LogP contribution >= 0.6 is 11.3 Å². The van der Waals surface area contributed by atoms with E-state index >= 15 is 0 Å². The molecule has 1 fully saturated rings. The van der Waals surface area contributed by atoms with Gasteiger partial charge < -0.3 is 14.2 Å². The van der Waals surface area contributed by atoms with E-state index in [2.05, 4.69) is 27.2 Å². The Balaban J connectivity index is 1.36. The first-order valence-electron chi connectivity index (χ1n) is 11.2. The molecule has 7 heteroatoms. The highest BCUT2D eigenvalue weighted by Gasteiger charge is 2.25. The Hall–Kier alpha value is -3.45. The highest BCUT2D eigenvalue weighted by molar-refractivity contribution is 7.13. The van der Waals surface area contributed by atoms with E-state index in [-0.39, 0.29) is 5.91 Å². The Bertz CT molecular complexity index is 1260. The van der Waals surface area contributed by atoms with Crippen molar-refractivity contribution in [2.75, 3.05) is 31.1 Å². The van der Waals surface area contributed by atoms with Crippen LogP contribution in [0.4, 0.5) is 5.13 Å². The van der Waals surface area contributed by atoms with Gasteiger partial charge in [0, 0.05) is 42.7 Å². The number of amides is 1. The van der Waals surface area contributed by atoms with Crippen LogP contribution in [0, 0.1) is 13.8 Å². The SMILES string of the molecule is Cc1ccc(-c2cnc(-c3ccccc3C(=O)N3CCCN(c4nc(C)cs4)CC3)o2)cc1. The predicted molar refractivity (Wildman–Crippen MR) is 132 cm³/mol. The molecule has 0 unspecified atom stereocenters. The van der Waals surface area contributed by atoms with Crippen LogP contribution in [-0.2, 0) is 0 Å². The summed E-state index contributed by atoms with van der Waals surface area (Å²) in [5.41, 5.74) is 4.53. The lowest BCUT2D eigenvalue weighted by atomic mass is 10.1. The molecule has 0 spiro atoms. The normalized spacial score (nSPS) is 14.4. The molecule has 33 heavy (non-hydrogen) atoms. The summed E-state index contributed by atoms with van der Waals surface area (Å²) in [6, 6.07) is 15.7. The molecule has 0 bridgehead atoms. The molecule has 1 amide bonds. The molecule has 0 radical (unpaired) electrons. The fourth-order valence-electron chi connectivity index (χ4n) is 4.08. The quantitative estimate of drug-likeness (QED) is 0.408. The average Bonchev–Trinajstić information content (AvgIpc) is 3.42. The second-order valence-corrected chi connectivity index (χ2v) is 9.18. The Morgan fingerprint density at radius 2 is 1.82 bits per heavy atom. The molecule has 6 nitrogen and oxygen atoms in total. The van der Waals surface area contributed by atoms with Crippen LogP contribution in [0.1, 0.15) is 28.0 Å². The maximum atomic E-state index is 13.5. The van der Waals surface area contributed by atoms with Gasteiger partial charge in [0.05, 0.1) is 17.5 Å². The summed E-state index contributed by atoms with van der Waals surface area (Å²) in [5.74, 6) is 1.17. The van der Waals surface area contributed by atoms with Crippen LogP contribution < -0.4 is 4.90 Å². The highest BCUT2D eigenvalue weighted by Crippen LogP contribution is 2.29. The van der Waals surface area contributed by atoms with Crippen LogP contribution in [0.3, 0.4) is 0 Å². The smallest absolute Gasteiger partial charge is 0.254 e. The molecule has 1 saturated heterocycles. The molecule has 2 aromatic carbocycles. The average molecular weight is 459 g/mol. The number of thiazole rings is 1. The first kappa shape index (κ1) is 21.4. The van der Waals surface area contributed by atoms with Gasteiger partial charge >= 0.3 is 0 Å². The van der Waals surface area contributed by atoms with Crippen LogP contribution in [0.2, 0.25) is 0 Å². The van der Waals surface area contributed by atoms with Crippen molar-refractivity contribution in [1.82, 2.24) is 14.9 Å². The van der Waals surface area contributed by atoms with E-state index < -0.39 is 0 Å². The van der Waals surface area contributed by atoms with Crippen molar-refractivity contribution in [3.63, 3.8) is 0 Å². The molecular formula is C26H26N4O2S. The second kappa shape index (κ2) is 9.19. The number of nitrogens with zero attached hydrogens (tertiary/aromatic N) is 4. The predicted octanol–water partition coefficient (Wildman–Crippen LogP) is 5.43. The molecule has 3 heterocycles. The zero-order chi connectivity index (χ0) is 22.8. The number of benzene rings is 2. The minimum absolute atomic E-state index is 0.0119. The largest absolute Gasteiger partial charge is 0.436 e.